The molecule has 1 aromatic carbocycles. The minimum Gasteiger partial charge on any atom is -0.486 e. The zero-order valence-electron chi connectivity index (χ0n) is 10.4. The molecule has 0 amide bonds. The molecule has 1 heterocycles. The van der Waals surface area contributed by atoms with E-state index in [1.165, 1.54) is 18.5 Å². The van der Waals surface area contributed by atoms with Crippen molar-refractivity contribution in [1.29, 1.82) is 0 Å². The fraction of sp³-hybridized carbons (Fsp3) is 0.231. The smallest absolute Gasteiger partial charge is 0.416 e. The second kappa shape index (κ2) is 5.66. The van der Waals surface area contributed by atoms with Gasteiger partial charge in [0.15, 0.2) is 5.75 Å². The molecule has 0 unspecified atom stereocenters. The van der Waals surface area contributed by atoms with Crippen LogP contribution in [0.3, 0.4) is 0 Å². The highest BCUT2D eigenvalue weighted by Crippen LogP contribution is 2.33. The number of benzene rings is 1. The lowest BCUT2D eigenvalue weighted by molar-refractivity contribution is -0.138. The molecule has 0 aliphatic carbocycles. The van der Waals surface area contributed by atoms with Crippen LogP contribution in [0.4, 0.5) is 13.2 Å². The summed E-state index contributed by atoms with van der Waals surface area (Å²) in [7, 11) is 0. The average Bonchev–Trinajstić information content (AvgIpc) is 2.38. The highest BCUT2D eigenvalue weighted by atomic mass is 35.5. The SMILES string of the molecule is Cc1cccc(C(F)(F)F)c1COc1cnc(Cl)nc1. The summed E-state index contributed by atoms with van der Waals surface area (Å²) in [5.41, 5.74) is -0.1000. The van der Waals surface area contributed by atoms with Gasteiger partial charge in [-0.05, 0) is 30.2 Å². The van der Waals surface area contributed by atoms with Crippen molar-refractivity contribution in [2.24, 2.45) is 0 Å². The lowest BCUT2D eigenvalue weighted by Crippen LogP contribution is -2.12. The maximum Gasteiger partial charge on any atom is 0.416 e. The van der Waals surface area contributed by atoms with E-state index in [0.717, 1.165) is 6.07 Å². The van der Waals surface area contributed by atoms with Gasteiger partial charge in [0, 0.05) is 5.56 Å². The van der Waals surface area contributed by atoms with Gasteiger partial charge < -0.3 is 4.74 Å². The predicted octanol–water partition coefficient (Wildman–Crippen LogP) is 4.04. The van der Waals surface area contributed by atoms with Crippen LogP contribution in [-0.4, -0.2) is 9.97 Å². The molecule has 0 spiro atoms. The molecule has 2 rings (SSSR count). The second-order valence-electron chi connectivity index (χ2n) is 4.08. The van der Waals surface area contributed by atoms with E-state index in [4.69, 9.17) is 16.3 Å². The van der Waals surface area contributed by atoms with Crippen LogP contribution in [0, 0.1) is 6.92 Å². The number of aryl methyl sites for hydroxylation is 1. The number of alkyl halides is 3. The molecule has 106 valence electrons. The summed E-state index contributed by atoms with van der Waals surface area (Å²) in [5.74, 6) is 0.255. The number of ether oxygens (including phenoxy) is 1. The molecule has 3 nitrogen and oxygen atoms in total. The molecule has 0 aliphatic rings. The Kier molecular flexibility index (Phi) is 4.13. The van der Waals surface area contributed by atoms with E-state index in [9.17, 15) is 13.2 Å². The van der Waals surface area contributed by atoms with Crippen molar-refractivity contribution in [3.05, 3.63) is 52.6 Å². The van der Waals surface area contributed by atoms with Crippen LogP contribution in [0.2, 0.25) is 5.28 Å². The summed E-state index contributed by atoms with van der Waals surface area (Å²) < 4.78 is 44.0. The van der Waals surface area contributed by atoms with Gasteiger partial charge >= 0.3 is 6.18 Å². The Morgan fingerprint density at radius 2 is 1.85 bits per heavy atom. The van der Waals surface area contributed by atoms with Gasteiger partial charge in [-0.2, -0.15) is 13.2 Å². The molecular weight excluding hydrogens is 293 g/mol. The number of halogens is 4. The van der Waals surface area contributed by atoms with Crippen molar-refractivity contribution in [2.75, 3.05) is 0 Å². The summed E-state index contributed by atoms with van der Waals surface area (Å²) in [6.07, 6.45) is -1.80. The predicted molar refractivity (Wildman–Crippen MR) is 67.6 cm³/mol. The molecule has 0 saturated carbocycles. The third-order valence-corrected chi connectivity index (χ3v) is 2.89. The molecular formula is C13H10ClF3N2O. The standard InChI is InChI=1S/C13H10ClF3N2O/c1-8-3-2-4-11(13(15,16)17)10(8)7-20-9-5-18-12(14)19-6-9/h2-6H,7H2,1H3. The molecule has 20 heavy (non-hydrogen) atoms. The highest BCUT2D eigenvalue weighted by Gasteiger charge is 2.33. The van der Waals surface area contributed by atoms with Crippen LogP contribution in [0.25, 0.3) is 0 Å². The first-order chi connectivity index (χ1) is 9.38. The Bertz CT molecular complexity index is 600. The number of rotatable bonds is 3. The summed E-state index contributed by atoms with van der Waals surface area (Å²) in [6, 6.07) is 4.00. The summed E-state index contributed by atoms with van der Waals surface area (Å²) in [5, 5.41) is 0.0456. The number of nitrogens with zero attached hydrogens (tertiary/aromatic N) is 2. The van der Waals surface area contributed by atoms with E-state index < -0.39 is 11.7 Å². The van der Waals surface area contributed by atoms with Gasteiger partial charge in [0.25, 0.3) is 0 Å². The van der Waals surface area contributed by atoms with Gasteiger partial charge in [-0.25, -0.2) is 9.97 Å². The van der Waals surface area contributed by atoms with Crippen LogP contribution in [0.5, 0.6) is 5.75 Å². The molecule has 0 atom stereocenters. The van der Waals surface area contributed by atoms with E-state index in [0.29, 0.717) is 5.56 Å². The quantitative estimate of drug-likeness (QED) is 0.803. The van der Waals surface area contributed by atoms with E-state index in [1.807, 2.05) is 0 Å². The van der Waals surface area contributed by atoms with Crippen LogP contribution in [-0.2, 0) is 12.8 Å². The van der Waals surface area contributed by atoms with E-state index in [2.05, 4.69) is 9.97 Å². The maximum atomic E-state index is 12.9. The molecule has 1 aromatic heterocycles. The third kappa shape index (κ3) is 3.39. The van der Waals surface area contributed by atoms with Crippen molar-refractivity contribution >= 4 is 11.6 Å². The van der Waals surface area contributed by atoms with Crippen LogP contribution >= 0.6 is 11.6 Å². The molecule has 7 heteroatoms. The van der Waals surface area contributed by atoms with Gasteiger partial charge in [0.1, 0.15) is 6.61 Å². The molecule has 0 bridgehead atoms. The van der Waals surface area contributed by atoms with Crippen LogP contribution < -0.4 is 4.74 Å². The van der Waals surface area contributed by atoms with Crippen molar-refractivity contribution in [1.82, 2.24) is 9.97 Å². The van der Waals surface area contributed by atoms with Gasteiger partial charge in [0.05, 0.1) is 18.0 Å². The molecule has 0 aliphatic heterocycles. The lowest BCUT2D eigenvalue weighted by atomic mass is 10.0. The Morgan fingerprint density at radius 1 is 1.20 bits per heavy atom. The lowest BCUT2D eigenvalue weighted by Gasteiger charge is -2.15. The first-order valence-corrected chi connectivity index (χ1v) is 6.02. The summed E-state index contributed by atoms with van der Waals surface area (Å²) in [6.45, 7) is 1.39. The second-order valence-corrected chi connectivity index (χ2v) is 4.41. The van der Waals surface area contributed by atoms with Crippen molar-refractivity contribution in [2.45, 2.75) is 19.7 Å². The van der Waals surface area contributed by atoms with Crippen LogP contribution in [0.15, 0.2) is 30.6 Å². The average molecular weight is 303 g/mol. The Balaban J connectivity index is 2.23. The zero-order valence-corrected chi connectivity index (χ0v) is 11.2. The Labute approximate surface area is 118 Å². The van der Waals surface area contributed by atoms with Gasteiger partial charge in [-0.1, -0.05) is 12.1 Å². The molecule has 2 aromatic rings. The fourth-order valence-corrected chi connectivity index (χ4v) is 1.79. The molecule has 0 saturated heterocycles. The Hall–Kier alpha value is -1.82. The largest absolute Gasteiger partial charge is 0.486 e. The topological polar surface area (TPSA) is 35.0 Å². The van der Waals surface area contributed by atoms with Gasteiger partial charge in [-0.3, -0.25) is 0 Å². The minimum absolute atomic E-state index is 0.0456. The Morgan fingerprint density at radius 3 is 2.45 bits per heavy atom. The number of hydrogen-bond acceptors (Lipinski definition) is 3. The summed E-state index contributed by atoms with van der Waals surface area (Å²) in [4.78, 5) is 7.38. The number of aromatic nitrogens is 2. The van der Waals surface area contributed by atoms with Gasteiger partial charge in [0.2, 0.25) is 5.28 Å². The summed E-state index contributed by atoms with van der Waals surface area (Å²) >= 11 is 5.51. The molecule has 0 fully saturated rings. The van der Waals surface area contributed by atoms with Crippen molar-refractivity contribution < 1.29 is 17.9 Å². The first kappa shape index (κ1) is 14.6. The van der Waals surface area contributed by atoms with Gasteiger partial charge in [-0.15, -0.1) is 0 Å². The molecule has 0 radical (unpaired) electrons. The first-order valence-electron chi connectivity index (χ1n) is 5.64. The highest BCUT2D eigenvalue weighted by molar-refractivity contribution is 6.28. The van der Waals surface area contributed by atoms with Crippen molar-refractivity contribution in [3.63, 3.8) is 0 Å². The minimum atomic E-state index is -4.42. The van der Waals surface area contributed by atoms with Crippen molar-refractivity contribution in [3.8, 4) is 5.75 Å². The zero-order chi connectivity index (χ0) is 14.8. The van der Waals surface area contributed by atoms with E-state index in [1.54, 1.807) is 13.0 Å². The maximum absolute atomic E-state index is 12.9. The normalized spacial score (nSPS) is 11.4. The third-order valence-electron chi connectivity index (χ3n) is 2.70. The van der Waals surface area contributed by atoms with Crippen LogP contribution in [0.1, 0.15) is 16.7 Å². The molecule has 0 N–H and O–H groups in total. The van der Waals surface area contributed by atoms with E-state index in [-0.39, 0.29) is 23.2 Å². The monoisotopic (exact) mass is 302 g/mol. The number of hydrogen-bond donors (Lipinski definition) is 0. The fourth-order valence-electron chi connectivity index (χ4n) is 1.69. The van der Waals surface area contributed by atoms with E-state index >= 15 is 0 Å².